The predicted octanol–water partition coefficient (Wildman–Crippen LogP) is 5.22. The molecule has 21 heavy (non-hydrogen) atoms. The SMILES string of the molecule is Fc1ccc(C2CC(Nc3cc(F)c(Br)cc3F)C2)cc1. The van der Waals surface area contributed by atoms with E-state index >= 15 is 0 Å². The third kappa shape index (κ3) is 3.07. The van der Waals surface area contributed by atoms with Crippen LogP contribution in [0.3, 0.4) is 0 Å². The molecule has 0 heterocycles. The van der Waals surface area contributed by atoms with Gasteiger partial charge in [0.15, 0.2) is 0 Å². The average Bonchev–Trinajstić information content (AvgIpc) is 2.40. The van der Waals surface area contributed by atoms with E-state index in [4.69, 9.17) is 0 Å². The molecule has 2 aromatic carbocycles. The minimum atomic E-state index is -0.492. The van der Waals surface area contributed by atoms with Gasteiger partial charge >= 0.3 is 0 Å². The van der Waals surface area contributed by atoms with Crippen LogP contribution in [-0.4, -0.2) is 6.04 Å². The minimum Gasteiger partial charge on any atom is -0.380 e. The molecule has 0 spiro atoms. The molecular formula is C16H13BrF3N. The van der Waals surface area contributed by atoms with E-state index < -0.39 is 11.6 Å². The zero-order chi connectivity index (χ0) is 15.0. The van der Waals surface area contributed by atoms with Crippen molar-refractivity contribution in [3.05, 3.63) is 63.9 Å². The topological polar surface area (TPSA) is 12.0 Å². The first-order valence-electron chi connectivity index (χ1n) is 6.69. The number of nitrogens with one attached hydrogen (secondary N) is 1. The Morgan fingerprint density at radius 1 is 0.952 bits per heavy atom. The van der Waals surface area contributed by atoms with Crippen LogP contribution in [0.25, 0.3) is 0 Å². The maximum absolute atomic E-state index is 13.7. The molecule has 1 nitrogen and oxygen atoms in total. The van der Waals surface area contributed by atoms with Gasteiger partial charge in [0.2, 0.25) is 0 Å². The van der Waals surface area contributed by atoms with Crippen LogP contribution < -0.4 is 5.32 Å². The second kappa shape index (κ2) is 5.72. The molecule has 2 aromatic rings. The van der Waals surface area contributed by atoms with Crippen LogP contribution in [0.4, 0.5) is 18.9 Å². The molecule has 0 saturated heterocycles. The Balaban J connectivity index is 1.62. The Bertz CT molecular complexity index is 651. The first kappa shape index (κ1) is 14.4. The number of benzene rings is 2. The van der Waals surface area contributed by atoms with Gasteiger partial charge in [0.25, 0.3) is 0 Å². The summed E-state index contributed by atoms with van der Waals surface area (Å²) in [6.45, 7) is 0. The minimum absolute atomic E-state index is 0.107. The molecule has 0 aromatic heterocycles. The molecule has 1 aliphatic rings. The van der Waals surface area contributed by atoms with Crippen molar-refractivity contribution in [2.75, 3.05) is 5.32 Å². The highest BCUT2D eigenvalue weighted by Gasteiger charge is 2.30. The van der Waals surface area contributed by atoms with Gasteiger partial charge in [0, 0.05) is 12.1 Å². The second-order valence-electron chi connectivity index (χ2n) is 5.31. The first-order valence-corrected chi connectivity index (χ1v) is 7.49. The van der Waals surface area contributed by atoms with Crippen molar-refractivity contribution in [1.82, 2.24) is 0 Å². The molecule has 5 heteroatoms. The Morgan fingerprint density at radius 2 is 1.62 bits per heavy atom. The highest BCUT2D eigenvalue weighted by atomic mass is 79.9. The van der Waals surface area contributed by atoms with E-state index in [1.54, 1.807) is 12.1 Å². The van der Waals surface area contributed by atoms with Crippen LogP contribution in [-0.2, 0) is 0 Å². The molecule has 1 saturated carbocycles. The van der Waals surface area contributed by atoms with Gasteiger partial charge in [-0.3, -0.25) is 0 Å². The molecule has 110 valence electrons. The van der Waals surface area contributed by atoms with Gasteiger partial charge in [-0.1, -0.05) is 12.1 Å². The summed E-state index contributed by atoms with van der Waals surface area (Å²) < 4.78 is 40.1. The van der Waals surface area contributed by atoms with Crippen LogP contribution in [0.1, 0.15) is 24.3 Å². The number of halogens is 4. The molecule has 1 aliphatic carbocycles. The Labute approximate surface area is 129 Å². The third-order valence-electron chi connectivity index (χ3n) is 3.85. The molecule has 0 bridgehead atoms. The lowest BCUT2D eigenvalue weighted by Crippen LogP contribution is -2.34. The maximum atomic E-state index is 13.7. The summed E-state index contributed by atoms with van der Waals surface area (Å²) in [5, 5.41) is 3.02. The van der Waals surface area contributed by atoms with E-state index in [2.05, 4.69) is 21.2 Å². The number of rotatable bonds is 3. The van der Waals surface area contributed by atoms with Crippen molar-refractivity contribution in [2.45, 2.75) is 24.8 Å². The van der Waals surface area contributed by atoms with Crippen LogP contribution in [0.5, 0.6) is 0 Å². The van der Waals surface area contributed by atoms with Crippen molar-refractivity contribution in [2.24, 2.45) is 0 Å². The van der Waals surface area contributed by atoms with E-state index in [0.717, 1.165) is 30.5 Å². The smallest absolute Gasteiger partial charge is 0.147 e. The quantitative estimate of drug-likeness (QED) is 0.743. The zero-order valence-electron chi connectivity index (χ0n) is 11.0. The summed E-state index contributed by atoms with van der Waals surface area (Å²) in [7, 11) is 0. The largest absolute Gasteiger partial charge is 0.380 e. The van der Waals surface area contributed by atoms with Gasteiger partial charge in [0.05, 0.1) is 10.2 Å². The third-order valence-corrected chi connectivity index (χ3v) is 4.46. The number of anilines is 1. The molecule has 1 fully saturated rings. The molecule has 0 aliphatic heterocycles. The Hall–Kier alpha value is -1.49. The normalized spacial score (nSPS) is 21.0. The summed E-state index contributed by atoms with van der Waals surface area (Å²) >= 11 is 2.95. The Morgan fingerprint density at radius 3 is 2.29 bits per heavy atom. The van der Waals surface area contributed by atoms with Gasteiger partial charge in [-0.05, 0) is 58.5 Å². The zero-order valence-corrected chi connectivity index (χ0v) is 12.6. The molecule has 0 unspecified atom stereocenters. The molecule has 1 N–H and O–H groups in total. The van der Waals surface area contributed by atoms with Crippen LogP contribution in [0.15, 0.2) is 40.9 Å². The van der Waals surface area contributed by atoms with Crippen molar-refractivity contribution < 1.29 is 13.2 Å². The van der Waals surface area contributed by atoms with Crippen LogP contribution in [0, 0.1) is 17.5 Å². The van der Waals surface area contributed by atoms with Gasteiger partial charge < -0.3 is 5.32 Å². The molecule has 3 rings (SSSR count). The van der Waals surface area contributed by atoms with Crippen molar-refractivity contribution in [3.8, 4) is 0 Å². The van der Waals surface area contributed by atoms with Gasteiger partial charge in [0.1, 0.15) is 17.5 Å². The standard InChI is InChI=1S/C16H13BrF3N/c17-13-7-15(20)16(8-14(13)19)21-12-5-10(6-12)9-1-3-11(18)4-2-9/h1-4,7-8,10,12,21H,5-6H2. The van der Waals surface area contributed by atoms with E-state index in [1.807, 2.05) is 0 Å². The highest BCUT2D eigenvalue weighted by molar-refractivity contribution is 9.10. The monoisotopic (exact) mass is 355 g/mol. The summed E-state index contributed by atoms with van der Waals surface area (Å²) in [6.07, 6.45) is 1.64. The highest BCUT2D eigenvalue weighted by Crippen LogP contribution is 2.39. The summed E-state index contributed by atoms with van der Waals surface area (Å²) in [4.78, 5) is 0. The van der Waals surface area contributed by atoms with E-state index in [9.17, 15) is 13.2 Å². The molecule has 0 atom stereocenters. The lowest BCUT2D eigenvalue weighted by atomic mass is 9.76. The van der Waals surface area contributed by atoms with E-state index in [-0.39, 0.29) is 22.0 Å². The first-order chi connectivity index (χ1) is 10.0. The second-order valence-corrected chi connectivity index (χ2v) is 6.16. The Kier molecular flexibility index (Phi) is 3.93. The lowest BCUT2D eigenvalue weighted by molar-refractivity contribution is 0.372. The van der Waals surface area contributed by atoms with Crippen molar-refractivity contribution >= 4 is 21.6 Å². The summed E-state index contributed by atoms with van der Waals surface area (Å²) in [5.74, 6) is -0.881. The fourth-order valence-corrected chi connectivity index (χ4v) is 2.91. The summed E-state index contributed by atoms with van der Waals surface area (Å²) in [5.41, 5.74) is 1.26. The van der Waals surface area contributed by atoms with Crippen molar-refractivity contribution in [1.29, 1.82) is 0 Å². The van der Waals surface area contributed by atoms with Crippen molar-refractivity contribution in [3.63, 3.8) is 0 Å². The lowest BCUT2D eigenvalue weighted by Gasteiger charge is -2.37. The van der Waals surface area contributed by atoms with E-state index in [0.29, 0.717) is 5.92 Å². The van der Waals surface area contributed by atoms with Crippen LogP contribution >= 0.6 is 15.9 Å². The number of hydrogen-bond donors (Lipinski definition) is 1. The molecular weight excluding hydrogens is 343 g/mol. The average molecular weight is 356 g/mol. The number of hydrogen-bond acceptors (Lipinski definition) is 1. The van der Waals surface area contributed by atoms with Crippen LogP contribution in [0.2, 0.25) is 0 Å². The fourth-order valence-electron chi connectivity index (χ4n) is 2.60. The van der Waals surface area contributed by atoms with Gasteiger partial charge in [-0.2, -0.15) is 0 Å². The summed E-state index contributed by atoms with van der Waals surface area (Å²) in [6, 6.07) is 8.82. The van der Waals surface area contributed by atoms with Gasteiger partial charge in [-0.25, -0.2) is 13.2 Å². The molecule has 0 amide bonds. The predicted molar refractivity (Wildman–Crippen MR) is 79.8 cm³/mol. The molecule has 0 radical (unpaired) electrons. The fraction of sp³-hybridized carbons (Fsp3) is 0.250. The maximum Gasteiger partial charge on any atom is 0.147 e. The van der Waals surface area contributed by atoms with E-state index in [1.165, 1.54) is 12.1 Å². The van der Waals surface area contributed by atoms with Gasteiger partial charge in [-0.15, -0.1) is 0 Å².